The maximum Gasteiger partial charge on any atom is 0.338 e. The fourth-order valence-corrected chi connectivity index (χ4v) is 4.11. The molecular weight excluding hydrogens is 466 g/mol. The Morgan fingerprint density at radius 3 is 2.29 bits per heavy atom. The Kier molecular flexibility index (Phi) is 9.02. The van der Waals surface area contributed by atoms with E-state index in [-0.39, 0.29) is 23.6 Å². The highest BCUT2D eigenvalue weighted by atomic mass is 32.2. The zero-order chi connectivity index (χ0) is 25.4. The second kappa shape index (κ2) is 12.2. The second-order valence-electron chi connectivity index (χ2n) is 7.78. The third kappa shape index (κ3) is 6.92. The van der Waals surface area contributed by atoms with Gasteiger partial charge in [-0.05, 0) is 64.1 Å². The molecule has 184 valence electrons. The van der Waals surface area contributed by atoms with Gasteiger partial charge in [0.15, 0.2) is 11.0 Å². The van der Waals surface area contributed by atoms with Crippen LogP contribution in [0.1, 0.15) is 58.9 Å². The van der Waals surface area contributed by atoms with E-state index in [0.29, 0.717) is 40.9 Å². The molecule has 1 aromatic heterocycles. The van der Waals surface area contributed by atoms with Crippen LogP contribution in [0.25, 0.3) is 0 Å². The predicted octanol–water partition coefficient (Wildman–Crippen LogP) is 4.00. The fraction of sp³-hybridized carbons (Fsp3) is 0.320. The van der Waals surface area contributed by atoms with E-state index in [1.54, 1.807) is 43.3 Å². The summed E-state index contributed by atoms with van der Waals surface area (Å²) in [6.45, 7) is 8.41. The minimum atomic E-state index is -0.403. The molecule has 0 fully saturated rings. The summed E-state index contributed by atoms with van der Waals surface area (Å²) in [7, 11) is 0. The molecule has 0 spiro atoms. The minimum Gasteiger partial charge on any atom is -0.462 e. The van der Waals surface area contributed by atoms with Crippen LogP contribution in [0.3, 0.4) is 0 Å². The standard InChI is InChI=1S/C25H29N5O4S/c1-5-30-22(17(4)26-23(32)18-9-7-16(3)8-10-18)28-29-25(30)35-15-21(31)27-20-13-11-19(12-14-20)24(33)34-6-2/h7-14,17H,5-6,15H2,1-4H3,(H,26,32)(H,27,31)/t17-/m0/s1. The maximum atomic E-state index is 12.6. The van der Waals surface area contributed by atoms with E-state index >= 15 is 0 Å². The number of anilines is 1. The van der Waals surface area contributed by atoms with Crippen LogP contribution in [0.15, 0.2) is 53.7 Å². The molecule has 0 saturated carbocycles. The summed E-state index contributed by atoms with van der Waals surface area (Å²) in [5, 5.41) is 14.8. The van der Waals surface area contributed by atoms with Gasteiger partial charge in [0.25, 0.3) is 5.91 Å². The van der Waals surface area contributed by atoms with Gasteiger partial charge in [-0.25, -0.2) is 4.79 Å². The van der Waals surface area contributed by atoms with Crippen molar-refractivity contribution in [2.45, 2.75) is 45.4 Å². The van der Waals surface area contributed by atoms with Crippen molar-refractivity contribution in [1.82, 2.24) is 20.1 Å². The van der Waals surface area contributed by atoms with Gasteiger partial charge in [0.05, 0.1) is 24.0 Å². The van der Waals surface area contributed by atoms with Crippen molar-refractivity contribution in [3.63, 3.8) is 0 Å². The Bertz CT molecular complexity index is 1180. The molecule has 3 rings (SSSR count). The molecule has 0 aliphatic heterocycles. The Labute approximate surface area is 208 Å². The van der Waals surface area contributed by atoms with Crippen LogP contribution in [-0.2, 0) is 16.1 Å². The van der Waals surface area contributed by atoms with Crippen LogP contribution < -0.4 is 10.6 Å². The average molecular weight is 496 g/mol. The Morgan fingerprint density at radius 1 is 1.00 bits per heavy atom. The molecule has 2 aromatic carbocycles. The molecule has 0 bridgehead atoms. The molecule has 1 heterocycles. The monoisotopic (exact) mass is 495 g/mol. The third-order valence-corrected chi connectivity index (χ3v) is 6.09. The Morgan fingerprint density at radius 2 is 1.66 bits per heavy atom. The van der Waals surface area contributed by atoms with E-state index in [4.69, 9.17) is 4.74 Å². The number of aromatic nitrogens is 3. The number of ether oxygens (including phenoxy) is 1. The van der Waals surface area contributed by atoms with E-state index in [9.17, 15) is 14.4 Å². The third-order valence-electron chi connectivity index (χ3n) is 5.12. The molecule has 0 saturated heterocycles. The van der Waals surface area contributed by atoms with Gasteiger partial charge in [-0.3, -0.25) is 9.59 Å². The number of aryl methyl sites for hydroxylation is 1. The second-order valence-corrected chi connectivity index (χ2v) is 8.72. The molecule has 2 amide bonds. The van der Waals surface area contributed by atoms with Gasteiger partial charge in [0, 0.05) is 17.8 Å². The SMILES string of the molecule is CCOC(=O)c1ccc(NC(=O)CSc2nnc([C@H](C)NC(=O)c3ccc(C)cc3)n2CC)cc1. The van der Waals surface area contributed by atoms with E-state index < -0.39 is 5.97 Å². The summed E-state index contributed by atoms with van der Waals surface area (Å²) in [6, 6.07) is 13.5. The van der Waals surface area contributed by atoms with Crippen molar-refractivity contribution in [3.05, 3.63) is 71.0 Å². The van der Waals surface area contributed by atoms with Gasteiger partial charge in [-0.2, -0.15) is 0 Å². The van der Waals surface area contributed by atoms with Crippen LogP contribution >= 0.6 is 11.8 Å². The molecule has 35 heavy (non-hydrogen) atoms. The number of nitrogens with one attached hydrogen (secondary N) is 2. The van der Waals surface area contributed by atoms with E-state index in [1.165, 1.54) is 11.8 Å². The predicted molar refractivity (Wildman–Crippen MR) is 135 cm³/mol. The number of nitrogens with zero attached hydrogens (tertiary/aromatic N) is 3. The smallest absolute Gasteiger partial charge is 0.338 e. The first-order valence-corrected chi connectivity index (χ1v) is 12.3. The van der Waals surface area contributed by atoms with Crippen molar-refractivity contribution in [3.8, 4) is 0 Å². The molecule has 10 heteroatoms. The van der Waals surface area contributed by atoms with Crippen LogP contribution in [-0.4, -0.2) is 44.9 Å². The van der Waals surface area contributed by atoms with Crippen molar-refractivity contribution < 1.29 is 19.1 Å². The lowest BCUT2D eigenvalue weighted by Crippen LogP contribution is -2.28. The number of amides is 2. The Balaban J connectivity index is 1.57. The lowest BCUT2D eigenvalue weighted by Gasteiger charge is -2.15. The number of hydrogen-bond donors (Lipinski definition) is 2. The van der Waals surface area contributed by atoms with Gasteiger partial charge in [-0.15, -0.1) is 10.2 Å². The molecule has 3 aromatic rings. The van der Waals surface area contributed by atoms with Crippen molar-refractivity contribution in [1.29, 1.82) is 0 Å². The quantitative estimate of drug-likeness (QED) is 0.323. The molecule has 2 N–H and O–H groups in total. The molecule has 0 aliphatic carbocycles. The Hall–Kier alpha value is -3.66. The summed E-state index contributed by atoms with van der Waals surface area (Å²) in [6.07, 6.45) is 0. The van der Waals surface area contributed by atoms with Crippen LogP contribution in [0.5, 0.6) is 0 Å². The van der Waals surface area contributed by atoms with E-state index in [0.717, 1.165) is 5.56 Å². The molecule has 1 atom stereocenters. The summed E-state index contributed by atoms with van der Waals surface area (Å²) in [4.78, 5) is 36.7. The van der Waals surface area contributed by atoms with Gasteiger partial charge >= 0.3 is 5.97 Å². The lowest BCUT2D eigenvalue weighted by atomic mass is 10.1. The number of esters is 1. The fourth-order valence-electron chi connectivity index (χ4n) is 3.31. The first-order valence-electron chi connectivity index (χ1n) is 11.3. The highest BCUT2D eigenvalue weighted by Gasteiger charge is 2.20. The highest BCUT2D eigenvalue weighted by molar-refractivity contribution is 7.99. The van der Waals surface area contributed by atoms with Gasteiger partial charge in [0.2, 0.25) is 5.91 Å². The zero-order valence-electron chi connectivity index (χ0n) is 20.2. The first-order chi connectivity index (χ1) is 16.8. The van der Waals surface area contributed by atoms with Crippen molar-refractivity contribution in [2.75, 3.05) is 17.7 Å². The van der Waals surface area contributed by atoms with Crippen LogP contribution in [0.4, 0.5) is 5.69 Å². The largest absolute Gasteiger partial charge is 0.462 e. The molecule has 0 radical (unpaired) electrons. The first kappa shape index (κ1) is 26.0. The molecular formula is C25H29N5O4S. The summed E-state index contributed by atoms with van der Waals surface area (Å²) < 4.78 is 6.84. The van der Waals surface area contributed by atoms with Gasteiger partial charge in [0.1, 0.15) is 0 Å². The summed E-state index contributed by atoms with van der Waals surface area (Å²) in [5.41, 5.74) is 2.66. The molecule has 0 unspecified atom stereocenters. The van der Waals surface area contributed by atoms with Crippen LogP contribution in [0, 0.1) is 6.92 Å². The molecule has 0 aliphatic rings. The topological polar surface area (TPSA) is 115 Å². The van der Waals surface area contributed by atoms with Crippen molar-refractivity contribution in [2.24, 2.45) is 0 Å². The van der Waals surface area contributed by atoms with Gasteiger partial charge < -0.3 is 19.9 Å². The lowest BCUT2D eigenvalue weighted by molar-refractivity contribution is -0.113. The molecule has 9 nitrogen and oxygen atoms in total. The number of thioether (sulfide) groups is 1. The average Bonchev–Trinajstić information content (AvgIpc) is 3.27. The maximum absolute atomic E-state index is 12.6. The number of rotatable bonds is 10. The summed E-state index contributed by atoms with van der Waals surface area (Å²) in [5.74, 6) is -0.0649. The van der Waals surface area contributed by atoms with Gasteiger partial charge in [-0.1, -0.05) is 29.5 Å². The zero-order valence-corrected chi connectivity index (χ0v) is 21.0. The van der Waals surface area contributed by atoms with E-state index in [1.807, 2.05) is 37.5 Å². The van der Waals surface area contributed by atoms with Crippen molar-refractivity contribution >= 4 is 35.2 Å². The van der Waals surface area contributed by atoms with Crippen LogP contribution in [0.2, 0.25) is 0 Å². The summed E-state index contributed by atoms with van der Waals surface area (Å²) >= 11 is 1.26. The highest BCUT2D eigenvalue weighted by Crippen LogP contribution is 2.21. The number of benzene rings is 2. The number of carbonyl (C=O) groups excluding carboxylic acids is 3. The number of hydrogen-bond acceptors (Lipinski definition) is 7. The normalized spacial score (nSPS) is 11.5. The minimum absolute atomic E-state index is 0.127. The van der Waals surface area contributed by atoms with E-state index in [2.05, 4.69) is 20.8 Å². The number of carbonyl (C=O) groups is 3.